The van der Waals surface area contributed by atoms with Crippen LogP contribution in [0.2, 0.25) is 0 Å². The van der Waals surface area contributed by atoms with E-state index in [1.807, 2.05) is 133 Å². The molecule has 2 aromatic heterocycles. The molecule has 4 heterocycles. The van der Waals surface area contributed by atoms with Gasteiger partial charge in [-0.25, -0.2) is 19.6 Å². The lowest BCUT2D eigenvalue weighted by atomic mass is 9.33. The minimum Gasteiger partial charge on any atom is -0.457 e. The van der Waals surface area contributed by atoms with E-state index in [9.17, 15) is 9.59 Å². The van der Waals surface area contributed by atoms with Crippen LogP contribution in [0.1, 0.15) is 31.8 Å². The van der Waals surface area contributed by atoms with Crippen molar-refractivity contribution in [2.45, 2.75) is 13.2 Å². The molecule has 0 radical (unpaired) electrons. The van der Waals surface area contributed by atoms with Gasteiger partial charge in [-0.1, -0.05) is 218 Å². The zero-order valence-electron chi connectivity index (χ0n) is 52.0. The Morgan fingerprint density at radius 3 is 1.32 bits per heavy atom. The van der Waals surface area contributed by atoms with Crippen molar-refractivity contribution in [3.8, 4) is 61.8 Å². The van der Waals surface area contributed by atoms with Crippen LogP contribution in [0.25, 0.3) is 83.6 Å². The minimum atomic E-state index is -0.460. The number of benzene rings is 13. The average molecular weight is 1240 g/mol. The first-order chi connectivity index (χ1) is 47.4. The molecule has 0 fully saturated rings. The number of ether oxygens (including phenoxy) is 2. The van der Waals surface area contributed by atoms with Gasteiger partial charge in [-0.3, -0.25) is 0 Å². The van der Waals surface area contributed by atoms with Crippen molar-refractivity contribution in [3.63, 3.8) is 0 Å². The van der Waals surface area contributed by atoms with Crippen LogP contribution in [0.5, 0.6) is 0 Å². The molecule has 10 heteroatoms. The molecule has 0 saturated carbocycles. The lowest BCUT2D eigenvalue weighted by Crippen LogP contribution is -2.61. The molecule has 9 nitrogen and oxygen atoms in total. The fourth-order valence-electron chi connectivity index (χ4n) is 14.0. The third-order valence-electron chi connectivity index (χ3n) is 18.5. The van der Waals surface area contributed by atoms with Crippen LogP contribution in [0, 0.1) is 0 Å². The van der Waals surface area contributed by atoms with Gasteiger partial charge in [-0.15, -0.1) is 0 Å². The van der Waals surface area contributed by atoms with Gasteiger partial charge in [0.05, 0.1) is 39.2 Å². The molecule has 454 valence electrons. The van der Waals surface area contributed by atoms with Gasteiger partial charge >= 0.3 is 11.9 Å². The number of rotatable bonds is 14. The van der Waals surface area contributed by atoms with Gasteiger partial charge < -0.3 is 23.8 Å². The minimum absolute atomic E-state index is 0.0320. The van der Waals surface area contributed by atoms with E-state index in [0.717, 1.165) is 117 Å². The molecule has 0 aliphatic carbocycles. The molecule has 0 bridgehead atoms. The molecule has 0 atom stereocenters. The summed E-state index contributed by atoms with van der Waals surface area (Å²) in [4.78, 5) is 43.6. The van der Waals surface area contributed by atoms with Crippen molar-refractivity contribution in [1.29, 1.82) is 0 Å². The van der Waals surface area contributed by atoms with Crippen LogP contribution < -0.4 is 26.2 Å². The van der Waals surface area contributed by atoms with Crippen molar-refractivity contribution >= 4 is 91.0 Å². The Labute approximate surface area is 556 Å². The Hall–Kier alpha value is -12.7. The Balaban J connectivity index is 0.805. The molecular weight excluding hydrogens is 1180 g/mol. The summed E-state index contributed by atoms with van der Waals surface area (Å²) in [6.45, 7) is 0.271. The van der Waals surface area contributed by atoms with Crippen molar-refractivity contribution in [3.05, 3.63) is 350 Å². The maximum atomic E-state index is 14.0. The topological polar surface area (TPSA) is 89.8 Å². The van der Waals surface area contributed by atoms with E-state index in [-0.39, 0.29) is 19.9 Å². The van der Waals surface area contributed by atoms with Crippen LogP contribution in [0.15, 0.2) is 328 Å². The average Bonchev–Trinajstić information content (AvgIpc) is 0.928. The quantitative estimate of drug-likeness (QED) is 0.0786. The highest BCUT2D eigenvalue weighted by atomic mass is 16.5. The van der Waals surface area contributed by atoms with Crippen LogP contribution >= 0.6 is 0 Å². The van der Waals surface area contributed by atoms with Crippen LogP contribution in [0.4, 0.5) is 34.1 Å². The van der Waals surface area contributed by atoms with Gasteiger partial charge in [0.15, 0.2) is 5.82 Å². The summed E-state index contributed by atoms with van der Waals surface area (Å²) in [6, 6.07) is 112. The number of anilines is 6. The second-order valence-electron chi connectivity index (χ2n) is 24.2. The fraction of sp³-hybridized carbons (Fsp3) is 0.0233. The van der Waals surface area contributed by atoms with Crippen LogP contribution in [0.3, 0.4) is 0 Å². The summed E-state index contributed by atoms with van der Waals surface area (Å²) < 4.78 is 14.1. The second-order valence-corrected chi connectivity index (χ2v) is 24.2. The molecule has 15 aromatic rings. The van der Waals surface area contributed by atoms with E-state index in [4.69, 9.17) is 19.4 Å². The standard InChI is InChI=1S/C86H58BN5O4/c93-85(95-55-57-22-6-1-7-23-57)65-45-48-77-70(52-65)71-53-66(86(94)96-56-58-24-8-2-9-25-58)46-49-78(71)92(77)76-47-44-64(84-88-74(61-26-10-3-11-27-61)54-75(89-84)62-28-12-4-13-29-62)51-69(76)60-42-40-59(41-43-60)63-30-20-33-68(50-63)91-80-37-19-17-35-73(80)87-72-34-16-18-36-79(72)90(67-31-14-5-15-32-67)81-38-21-39-82(91)83(81)87/h1-54H,55-56H2. The Bertz CT molecular complexity index is 5310. The van der Waals surface area contributed by atoms with E-state index in [1.54, 1.807) is 0 Å². The Morgan fingerprint density at radius 2 is 0.771 bits per heavy atom. The van der Waals surface area contributed by atoms with Gasteiger partial charge in [0, 0.05) is 67.2 Å². The van der Waals surface area contributed by atoms with Gasteiger partial charge in [0.25, 0.3) is 6.71 Å². The normalized spacial score (nSPS) is 12.1. The summed E-state index contributed by atoms with van der Waals surface area (Å²) in [5.74, 6) is -0.352. The second kappa shape index (κ2) is 24.4. The van der Waals surface area contributed by atoms with Crippen molar-refractivity contribution in [2.75, 3.05) is 9.80 Å². The van der Waals surface area contributed by atoms with Crippen molar-refractivity contribution < 1.29 is 19.1 Å². The number of carbonyl (C=O) groups excluding carboxylic acids is 2. The third-order valence-corrected chi connectivity index (χ3v) is 18.5. The van der Waals surface area contributed by atoms with E-state index in [0.29, 0.717) is 17.0 Å². The lowest BCUT2D eigenvalue weighted by Gasteiger charge is -2.44. The van der Waals surface area contributed by atoms with E-state index in [2.05, 4.69) is 208 Å². The lowest BCUT2D eigenvalue weighted by molar-refractivity contribution is 0.0464. The number of carbonyl (C=O) groups is 2. The van der Waals surface area contributed by atoms with E-state index >= 15 is 0 Å². The van der Waals surface area contributed by atoms with E-state index in [1.165, 1.54) is 22.1 Å². The number of para-hydroxylation sites is 3. The largest absolute Gasteiger partial charge is 0.457 e. The van der Waals surface area contributed by atoms with Gasteiger partial charge in [-0.2, -0.15) is 0 Å². The molecule has 0 amide bonds. The number of hydrogen-bond donors (Lipinski definition) is 0. The fourth-order valence-corrected chi connectivity index (χ4v) is 14.0. The summed E-state index contributed by atoms with van der Waals surface area (Å²) in [6.07, 6.45) is 0. The first kappa shape index (κ1) is 57.3. The van der Waals surface area contributed by atoms with Crippen LogP contribution in [-0.2, 0) is 22.7 Å². The number of aromatic nitrogens is 3. The smallest absolute Gasteiger partial charge is 0.338 e. The maximum absolute atomic E-state index is 14.0. The number of nitrogens with zero attached hydrogens (tertiary/aromatic N) is 5. The summed E-state index contributed by atoms with van der Waals surface area (Å²) >= 11 is 0. The first-order valence-electron chi connectivity index (χ1n) is 32.3. The molecule has 17 rings (SSSR count). The summed E-state index contributed by atoms with van der Waals surface area (Å²) in [5.41, 5.74) is 23.9. The van der Waals surface area contributed by atoms with Gasteiger partial charge in [-0.05, 0) is 153 Å². The van der Waals surface area contributed by atoms with Gasteiger partial charge in [0.1, 0.15) is 13.2 Å². The molecule has 2 aliphatic heterocycles. The molecule has 2 aliphatic rings. The Kier molecular flexibility index (Phi) is 14.6. The Morgan fingerprint density at radius 1 is 0.333 bits per heavy atom. The first-order valence-corrected chi connectivity index (χ1v) is 32.3. The highest BCUT2D eigenvalue weighted by Crippen LogP contribution is 2.46. The van der Waals surface area contributed by atoms with Crippen LogP contribution in [-0.4, -0.2) is 33.2 Å². The third kappa shape index (κ3) is 10.4. The highest BCUT2D eigenvalue weighted by Gasteiger charge is 2.43. The molecule has 96 heavy (non-hydrogen) atoms. The summed E-state index contributed by atoms with van der Waals surface area (Å²) in [5, 5.41) is 1.52. The molecular formula is C86H58BN5O4. The molecule has 0 spiro atoms. The molecule has 13 aromatic carbocycles. The zero-order chi connectivity index (χ0) is 64.1. The summed E-state index contributed by atoms with van der Waals surface area (Å²) in [7, 11) is 0. The monoisotopic (exact) mass is 1240 g/mol. The van der Waals surface area contributed by atoms with Gasteiger partial charge in [0.2, 0.25) is 0 Å². The van der Waals surface area contributed by atoms with Crippen molar-refractivity contribution in [1.82, 2.24) is 14.5 Å². The van der Waals surface area contributed by atoms with Crippen molar-refractivity contribution in [2.24, 2.45) is 0 Å². The zero-order valence-corrected chi connectivity index (χ0v) is 52.0. The predicted octanol–water partition coefficient (Wildman–Crippen LogP) is 18.7. The molecule has 0 unspecified atom stereocenters. The predicted molar refractivity (Wildman–Crippen MR) is 389 cm³/mol. The maximum Gasteiger partial charge on any atom is 0.338 e. The van der Waals surface area contributed by atoms with E-state index < -0.39 is 11.9 Å². The highest BCUT2D eigenvalue weighted by molar-refractivity contribution is 7.00. The SMILES string of the molecule is O=C(OCc1ccccc1)c1ccc2c(c1)c1cc(C(=O)OCc3ccccc3)ccc1n2-c1ccc(-c2nc(-c3ccccc3)cc(-c3ccccc3)n2)cc1-c1ccc(-c2cccc(N3c4ccccc4B4c5ccccc5N(c5ccccc5)c5cccc3c54)c2)cc1. The molecule has 0 saturated heterocycles. The number of hydrogen-bond acceptors (Lipinski definition) is 8. The molecule has 0 N–H and O–H groups in total. The number of fused-ring (bicyclic) bond motifs is 7. The number of esters is 2.